The van der Waals surface area contributed by atoms with Crippen LogP contribution in [0.4, 0.5) is 5.82 Å². The Morgan fingerprint density at radius 3 is 2.77 bits per heavy atom. The van der Waals surface area contributed by atoms with E-state index in [0.717, 1.165) is 53.8 Å². The van der Waals surface area contributed by atoms with Crippen LogP contribution in [-0.2, 0) is 0 Å². The van der Waals surface area contributed by atoms with Gasteiger partial charge in [0.1, 0.15) is 11.6 Å². The van der Waals surface area contributed by atoms with Crippen LogP contribution >= 0.6 is 0 Å². The Hall–Kier alpha value is -3.68. The summed E-state index contributed by atoms with van der Waals surface area (Å²) < 4.78 is 5.42. The van der Waals surface area contributed by atoms with Crippen molar-refractivity contribution in [2.45, 2.75) is 37.8 Å². The minimum atomic E-state index is 0.0156. The van der Waals surface area contributed by atoms with Crippen LogP contribution in [0.15, 0.2) is 47.6 Å². The van der Waals surface area contributed by atoms with E-state index in [1.807, 2.05) is 48.6 Å². The molecule has 31 heavy (non-hydrogen) atoms. The summed E-state index contributed by atoms with van der Waals surface area (Å²) in [6, 6.07) is 11.7. The van der Waals surface area contributed by atoms with Crippen LogP contribution < -0.4 is 21.5 Å². The average Bonchev–Trinajstić information content (AvgIpc) is 2.79. The number of aromatic nitrogens is 3. The Morgan fingerprint density at radius 1 is 1.13 bits per heavy atom. The van der Waals surface area contributed by atoms with Crippen molar-refractivity contribution in [3.63, 3.8) is 0 Å². The van der Waals surface area contributed by atoms with Gasteiger partial charge in [0.2, 0.25) is 0 Å². The fraction of sp³-hybridized carbons (Fsp3) is 0.304. The first-order chi connectivity index (χ1) is 15.1. The highest BCUT2D eigenvalue weighted by Crippen LogP contribution is 2.29. The lowest BCUT2D eigenvalue weighted by Gasteiger charge is -2.30. The predicted molar refractivity (Wildman–Crippen MR) is 125 cm³/mol. The molecule has 0 saturated heterocycles. The maximum atomic E-state index is 5.67. The molecule has 160 valence electrons. The van der Waals surface area contributed by atoms with Gasteiger partial charge in [-0.3, -0.25) is 4.98 Å². The van der Waals surface area contributed by atoms with Crippen LogP contribution in [0.3, 0.4) is 0 Å². The van der Waals surface area contributed by atoms with Crippen LogP contribution in [0.5, 0.6) is 5.75 Å². The number of nitrogens with one attached hydrogen (secondary N) is 1. The lowest BCUT2D eigenvalue weighted by atomic mass is 9.90. The Kier molecular flexibility index (Phi) is 6.26. The third-order valence-electron chi connectivity index (χ3n) is 5.38. The van der Waals surface area contributed by atoms with E-state index in [9.17, 15) is 0 Å². The highest BCUT2D eigenvalue weighted by Gasteiger charge is 2.26. The predicted octanol–water partition coefficient (Wildman–Crippen LogP) is 3.20. The van der Waals surface area contributed by atoms with Gasteiger partial charge in [-0.15, -0.1) is 0 Å². The Labute approximate surface area is 181 Å². The van der Waals surface area contributed by atoms with Crippen LogP contribution in [0.1, 0.15) is 37.2 Å². The fourth-order valence-electron chi connectivity index (χ4n) is 3.87. The number of aliphatic imine (C=N–C) groups is 1. The van der Waals surface area contributed by atoms with Crippen molar-refractivity contribution in [1.82, 2.24) is 15.0 Å². The molecular formula is C23H27N7O. The molecule has 1 aliphatic rings. The molecule has 0 spiro atoms. The van der Waals surface area contributed by atoms with Crippen molar-refractivity contribution in [1.29, 1.82) is 0 Å². The van der Waals surface area contributed by atoms with Gasteiger partial charge in [-0.1, -0.05) is 18.9 Å². The van der Waals surface area contributed by atoms with Crippen molar-refractivity contribution in [2.24, 2.45) is 16.5 Å². The summed E-state index contributed by atoms with van der Waals surface area (Å²) in [5.74, 6) is 2.21. The summed E-state index contributed by atoms with van der Waals surface area (Å²) in [6.07, 6.45) is 9.66. The summed E-state index contributed by atoms with van der Waals surface area (Å²) in [5.41, 5.74) is 13.0. The zero-order valence-electron chi connectivity index (χ0n) is 17.5. The minimum Gasteiger partial charge on any atom is -0.497 e. The largest absolute Gasteiger partial charge is 0.497 e. The molecule has 1 aliphatic carbocycles. The zero-order valence-corrected chi connectivity index (χ0v) is 17.5. The van der Waals surface area contributed by atoms with Gasteiger partial charge in [-0.25, -0.2) is 15.0 Å². The number of anilines is 1. The van der Waals surface area contributed by atoms with Gasteiger partial charge in [0.25, 0.3) is 0 Å². The van der Waals surface area contributed by atoms with E-state index in [1.54, 1.807) is 13.3 Å². The number of nitrogens with two attached hydrogens (primary N) is 2. The summed E-state index contributed by atoms with van der Waals surface area (Å²) >= 11 is 0. The number of ether oxygens (including phenoxy) is 1. The fourth-order valence-corrected chi connectivity index (χ4v) is 3.87. The van der Waals surface area contributed by atoms with Crippen molar-refractivity contribution >= 4 is 34.8 Å². The van der Waals surface area contributed by atoms with Crippen LogP contribution in [0.2, 0.25) is 0 Å². The smallest absolute Gasteiger partial charge is 0.186 e. The normalized spacial score (nSPS) is 18.7. The van der Waals surface area contributed by atoms with E-state index in [-0.39, 0.29) is 18.0 Å². The number of benzene rings is 1. The van der Waals surface area contributed by atoms with Crippen molar-refractivity contribution in [3.05, 3.63) is 54.1 Å². The molecule has 8 heteroatoms. The molecule has 1 fully saturated rings. The molecular weight excluding hydrogens is 390 g/mol. The molecule has 3 aromatic rings. The van der Waals surface area contributed by atoms with Gasteiger partial charge in [0.15, 0.2) is 11.8 Å². The van der Waals surface area contributed by atoms with Crippen molar-refractivity contribution < 1.29 is 4.74 Å². The minimum absolute atomic E-state index is 0.0156. The molecule has 0 aliphatic heterocycles. The summed E-state index contributed by atoms with van der Waals surface area (Å²) in [7, 11) is 1.65. The lowest BCUT2D eigenvalue weighted by molar-refractivity contribution is 0.405. The number of hydrogen-bond acceptors (Lipinski definition) is 6. The van der Waals surface area contributed by atoms with Gasteiger partial charge in [-0.2, -0.15) is 0 Å². The van der Waals surface area contributed by atoms with E-state index in [4.69, 9.17) is 26.2 Å². The lowest BCUT2D eigenvalue weighted by Crippen LogP contribution is -2.38. The van der Waals surface area contributed by atoms with Crippen LogP contribution in [0, 0.1) is 0 Å². The molecule has 2 aromatic heterocycles. The van der Waals surface area contributed by atoms with Gasteiger partial charge in [0.05, 0.1) is 30.4 Å². The molecule has 2 heterocycles. The molecule has 2 atom stereocenters. The summed E-state index contributed by atoms with van der Waals surface area (Å²) in [4.78, 5) is 18.3. The van der Waals surface area contributed by atoms with Crippen LogP contribution in [0.25, 0.3) is 23.1 Å². The maximum Gasteiger partial charge on any atom is 0.186 e. The number of methoxy groups -OCH3 is 1. The number of fused-ring (bicyclic) bond motifs is 1. The summed E-state index contributed by atoms with van der Waals surface area (Å²) in [6.45, 7) is 0. The molecule has 5 N–H and O–H groups in total. The molecule has 0 bridgehead atoms. The van der Waals surface area contributed by atoms with E-state index in [2.05, 4.69) is 15.3 Å². The van der Waals surface area contributed by atoms with Gasteiger partial charge < -0.3 is 21.5 Å². The second-order valence-corrected chi connectivity index (χ2v) is 7.56. The highest BCUT2D eigenvalue weighted by atomic mass is 16.5. The van der Waals surface area contributed by atoms with Gasteiger partial charge >= 0.3 is 0 Å². The Balaban J connectivity index is 1.72. The molecule has 0 radical (unpaired) electrons. The molecule has 1 saturated carbocycles. The van der Waals surface area contributed by atoms with Gasteiger partial charge in [0, 0.05) is 11.6 Å². The monoisotopic (exact) mass is 417 g/mol. The van der Waals surface area contributed by atoms with Crippen molar-refractivity contribution in [2.75, 3.05) is 12.4 Å². The standard InChI is InChI=1S/C23H27N7O/c1-31-16-10-11-18-17(14-16)22(28-19-7-2-3-8-20(19)29-23(24)25)30-21(27-18)12-9-15-6-4-5-13-26-15/h4-6,9-14,19-20H,2-3,7-8H2,1H3,(H4,24,25,29)(H,27,28,30)/t19-,20+/m1/s1. The highest BCUT2D eigenvalue weighted by molar-refractivity contribution is 5.91. The third-order valence-corrected chi connectivity index (χ3v) is 5.38. The average molecular weight is 418 g/mol. The van der Waals surface area contributed by atoms with E-state index in [1.165, 1.54) is 0 Å². The topological polar surface area (TPSA) is 124 Å². The van der Waals surface area contributed by atoms with Crippen LogP contribution in [-0.4, -0.2) is 40.1 Å². The SMILES string of the molecule is COc1ccc2nc(C=Cc3ccccn3)nc(N[C@@H]3CCCC[C@@H]3N=C(N)N)c2c1. The second-order valence-electron chi connectivity index (χ2n) is 7.56. The first kappa shape index (κ1) is 20.6. The second kappa shape index (κ2) is 9.42. The number of pyridine rings is 1. The van der Waals surface area contributed by atoms with E-state index < -0.39 is 0 Å². The molecule has 0 amide bonds. The van der Waals surface area contributed by atoms with Gasteiger partial charge in [-0.05, 0) is 55.3 Å². The quantitative estimate of drug-likeness (QED) is 0.415. The van der Waals surface area contributed by atoms with E-state index >= 15 is 0 Å². The summed E-state index contributed by atoms with van der Waals surface area (Å²) in [5, 5.41) is 4.49. The van der Waals surface area contributed by atoms with E-state index in [0.29, 0.717) is 5.82 Å². The Bertz CT molecular complexity index is 1090. The molecule has 4 rings (SSSR count). The number of rotatable bonds is 6. The molecule has 1 aromatic carbocycles. The van der Waals surface area contributed by atoms with Crippen molar-refractivity contribution in [3.8, 4) is 5.75 Å². The first-order valence-corrected chi connectivity index (χ1v) is 10.4. The zero-order chi connectivity index (χ0) is 21.6. The third kappa shape index (κ3) is 5.09. The first-order valence-electron chi connectivity index (χ1n) is 10.4. The number of nitrogens with zero attached hydrogens (tertiary/aromatic N) is 4. The molecule has 8 nitrogen and oxygen atoms in total. The number of guanidine groups is 1. The Morgan fingerprint density at radius 2 is 2.00 bits per heavy atom. The maximum absolute atomic E-state index is 5.67. The molecule has 0 unspecified atom stereocenters. The number of hydrogen-bond donors (Lipinski definition) is 3.